The second-order valence-corrected chi connectivity index (χ2v) is 8.15. The van der Waals surface area contributed by atoms with Gasteiger partial charge in [-0.25, -0.2) is 0 Å². The molecule has 2 N–H and O–H groups in total. The Morgan fingerprint density at radius 2 is 1.57 bits per heavy atom. The summed E-state index contributed by atoms with van der Waals surface area (Å²) in [5.74, 6) is -0.0453. The third-order valence-corrected chi connectivity index (χ3v) is 6.23. The highest BCUT2D eigenvalue weighted by molar-refractivity contribution is 7.23. The average Bonchev–Trinajstić information content (AvgIpc) is 3.04. The van der Waals surface area contributed by atoms with Crippen LogP contribution in [0.15, 0.2) is 77.6 Å². The van der Waals surface area contributed by atoms with Crippen LogP contribution in [0.3, 0.4) is 0 Å². The second-order valence-electron chi connectivity index (χ2n) is 6.53. The Hall–Kier alpha value is -3.08. The van der Waals surface area contributed by atoms with Gasteiger partial charge in [-0.15, -0.1) is 11.3 Å². The van der Waals surface area contributed by atoms with Crippen LogP contribution < -0.4 is 5.56 Å². The molecule has 0 aliphatic heterocycles. The summed E-state index contributed by atoms with van der Waals surface area (Å²) < 4.78 is 0.530. The predicted octanol–water partition coefficient (Wildman–Crippen LogP) is 6.44. The maximum absolute atomic E-state index is 12.7. The zero-order chi connectivity index (χ0) is 19.3. The van der Waals surface area contributed by atoms with Crippen LogP contribution in [0.5, 0.6) is 5.75 Å². The van der Waals surface area contributed by atoms with Crippen LogP contribution in [-0.4, -0.2) is 10.1 Å². The zero-order valence-corrected chi connectivity index (χ0v) is 16.1. The number of nitrogens with one attached hydrogen (secondary N) is 1. The first-order valence-electron chi connectivity index (χ1n) is 8.76. The van der Waals surface area contributed by atoms with Crippen LogP contribution in [0.25, 0.3) is 43.2 Å². The Morgan fingerprint density at radius 1 is 0.857 bits per heavy atom. The Kier molecular flexibility index (Phi) is 3.97. The molecule has 5 heteroatoms. The van der Waals surface area contributed by atoms with Crippen LogP contribution in [0.1, 0.15) is 0 Å². The largest absolute Gasteiger partial charge is 0.506 e. The molecule has 0 radical (unpaired) electrons. The number of hydrogen-bond donors (Lipinski definition) is 2. The third-order valence-electron chi connectivity index (χ3n) is 4.91. The van der Waals surface area contributed by atoms with Crippen molar-refractivity contribution in [2.75, 3.05) is 0 Å². The van der Waals surface area contributed by atoms with E-state index in [1.54, 1.807) is 0 Å². The van der Waals surface area contributed by atoms with E-state index in [2.05, 4.69) is 4.98 Å². The fourth-order valence-electron chi connectivity index (χ4n) is 3.67. The summed E-state index contributed by atoms with van der Waals surface area (Å²) >= 11 is 7.87. The first kappa shape index (κ1) is 17.0. The molecule has 0 spiro atoms. The van der Waals surface area contributed by atoms with Gasteiger partial charge in [0.2, 0.25) is 0 Å². The van der Waals surface area contributed by atoms with Gasteiger partial charge in [-0.2, -0.15) is 0 Å². The van der Waals surface area contributed by atoms with Crippen molar-refractivity contribution in [2.45, 2.75) is 0 Å². The molecule has 5 aromatic rings. The first-order valence-corrected chi connectivity index (χ1v) is 9.95. The molecule has 3 aromatic carbocycles. The van der Waals surface area contributed by atoms with Gasteiger partial charge in [0.05, 0.1) is 10.9 Å². The molecule has 2 heterocycles. The first-order chi connectivity index (χ1) is 13.6. The van der Waals surface area contributed by atoms with Gasteiger partial charge >= 0.3 is 0 Å². The molecule has 28 heavy (non-hydrogen) atoms. The van der Waals surface area contributed by atoms with Gasteiger partial charge in [-0.1, -0.05) is 84.4 Å². The van der Waals surface area contributed by atoms with E-state index in [-0.39, 0.29) is 16.9 Å². The lowest BCUT2D eigenvalue weighted by atomic mass is 9.96. The molecule has 0 atom stereocenters. The molecule has 5 rings (SSSR count). The van der Waals surface area contributed by atoms with Crippen LogP contribution in [0.2, 0.25) is 4.34 Å². The number of fused-ring (bicyclic) bond motifs is 2. The summed E-state index contributed by atoms with van der Waals surface area (Å²) in [7, 11) is 0. The molecule has 0 saturated heterocycles. The van der Waals surface area contributed by atoms with E-state index >= 15 is 0 Å². The van der Waals surface area contributed by atoms with Crippen molar-refractivity contribution in [2.24, 2.45) is 0 Å². The summed E-state index contributed by atoms with van der Waals surface area (Å²) in [4.78, 5) is 16.1. The van der Waals surface area contributed by atoms with Crippen molar-refractivity contribution in [1.29, 1.82) is 0 Å². The van der Waals surface area contributed by atoms with Gasteiger partial charge in [0.25, 0.3) is 5.56 Å². The van der Waals surface area contributed by atoms with Crippen LogP contribution in [0, 0.1) is 0 Å². The predicted molar refractivity (Wildman–Crippen MR) is 117 cm³/mol. The van der Waals surface area contributed by atoms with Gasteiger partial charge in [0.15, 0.2) is 0 Å². The van der Waals surface area contributed by atoms with Gasteiger partial charge < -0.3 is 10.1 Å². The second kappa shape index (κ2) is 6.51. The van der Waals surface area contributed by atoms with E-state index in [1.165, 1.54) is 11.3 Å². The summed E-state index contributed by atoms with van der Waals surface area (Å²) in [6.45, 7) is 0. The number of halogens is 1. The molecule has 0 unspecified atom stereocenters. The van der Waals surface area contributed by atoms with Crippen molar-refractivity contribution < 1.29 is 5.11 Å². The van der Waals surface area contributed by atoms with Crippen LogP contribution in [0.4, 0.5) is 0 Å². The number of aromatic hydroxyl groups is 1. The number of hydrogen-bond acceptors (Lipinski definition) is 3. The summed E-state index contributed by atoms with van der Waals surface area (Å²) in [5.41, 5.74) is 2.25. The molecular formula is C23H14ClNO2S. The lowest BCUT2D eigenvalue weighted by Crippen LogP contribution is -2.08. The molecule has 0 saturated carbocycles. The number of H-pyrrole nitrogens is 1. The lowest BCUT2D eigenvalue weighted by Gasteiger charge is -2.10. The standard InChI is InChI=1S/C23H14ClNO2S/c24-21-18(16-12-6-10-13-7-4-5-11-15(13)16)19-20(26)17(14-8-2-1-3-9-14)22(27)25-23(19)28-21/h1-12H,(H2,25,26,27). The van der Waals surface area contributed by atoms with Crippen LogP contribution in [-0.2, 0) is 0 Å². The van der Waals surface area contributed by atoms with Crippen LogP contribution >= 0.6 is 22.9 Å². The molecule has 2 aromatic heterocycles. The molecule has 3 nitrogen and oxygen atoms in total. The Bertz CT molecular complexity index is 1400. The highest BCUT2D eigenvalue weighted by atomic mass is 35.5. The molecular weight excluding hydrogens is 390 g/mol. The van der Waals surface area contributed by atoms with Gasteiger partial charge in [-0.3, -0.25) is 4.79 Å². The van der Waals surface area contributed by atoms with Gasteiger partial charge in [-0.05, 0) is 21.9 Å². The minimum atomic E-state index is -0.335. The minimum absolute atomic E-state index is 0.0453. The lowest BCUT2D eigenvalue weighted by molar-refractivity contribution is 0.483. The summed E-state index contributed by atoms with van der Waals surface area (Å²) in [6, 6.07) is 23.2. The fraction of sp³-hybridized carbons (Fsp3) is 0. The minimum Gasteiger partial charge on any atom is -0.506 e. The third kappa shape index (κ3) is 2.53. The maximum Gasteiger partial charge on any atom is 0.260 e. The van der Waals surface area contributed by atoms with Crippen molar-refractivity contribution in [1.82, 2.24) is 4.98 Å². The molecule has 136 valence electrons. The van der Waals surface area contributed by atoms with Crippen molar-refractivity contribution in [3.05, 3.63) is 87.5 Å². The maximum atomic E-state index is 12.7. The van der Waals surface area contributed by atoms with E-state index in [9.17, 15) is 9.90 Å². The highest BCUT2D eigenvalue weighted by Gasteiger charge is 2.22. The van der Waals surface area contributed by atoms with Crippen molar-refractivity contribution in [3.63, 3.8) is 0 Å². The fourth-order valence-corrected chi connectivity index (χ4v) is 5.04. The van der Waals surface area contributed by atoms with E-state index in [0.29, 0.717) is 20.1 Å². The van der Waals surface area contributed by atoms with Gasteiger partial charge in [0, 0.05) is 5.56 Å². The Balaban J connectivity index is 1.91. The number of aromatic nitrogens is 1. The molecule has 0 fully saturated rings. The smallest absolute Gasteiger partial charge is 0.260 e. The van der Waals surface area contributed by atoms with E-state index in [1.807, 2.05) is 72.8 Å². The Labute approximate surface area is 169 Å². The van der Waals surface area contributed by atoms with E-state index in [0.717, 1.165) is 21.9 Å². The molecule has 0 aliphatic carbocycles. The molecule has 0 amide bonds. The van der Waals surface area contributed by atoms with E-state index < -0.39 is 0 Å². The SMILES string of the molecule is O=c1[nH]c2sc(Cl)c(-c3cccc4ccccc34)c2c(O)c1-c1ccccc1. The zero-order valence-electron chi connectivity index (χ0n) is 14.6. The normalized spacial score (nSPS) is 11.3. The number of benzene rings is 3. The Morgan fingerprint density at radius 3 is 2.39 bits per heavy atom. The number of rotatable bonds is 2. The van der Waals surface area contributed by atoms with Crippen molar-refractivity contribution >= 4 is 43.9 Å². The molecule has 0 aliphatic rings. The average molecular weight is 404 g/mol. The van der Waals surface area contributed by atoms with Crippen molar-refractivity contribution in [3.8, 4) is 28.0 Å². The monoisotopic (exact) mass is 403 g/mol. The summed E-state index contributed by atoms with van der Waals surface area (Å²) in [5, 5.41) is 13.8. The highest BCUT2D eigenvalue weighted by Crippen LogP contribution is 2.48. The van der Waals surface area contributed by atoms with Gasteiger partial charge in [0.1, 0.15) is 14.9 Å². The number of thiophene rings is 1. The molecule has 0 bridgehead atoms. The summed E-state index contributed by atoms with van der Waals surface area (Å²) in [6.07, 6.45) is 0. The quantitative estimate of drug-likeness (QED) is 0.356. The topological polar surface area (TPSA) is 53.1 Å². The number of pyridine rings is 1. The number of aromatic amines is 1. The van der Waals surface area contributed by atoms with E-state index in [4.69, 9.17) is 11.6 Å².